The van der Waals surface area contributed by atoms with Crippen molar-refractivity contribution in [2.24, 2.45) is 0 Å². The molecule has 0 aromatic rings. The molecule has 0 spiro atoms. The van der Waals surface area contributed by atoms with Crippen molar-refractivity contribution >= 4 is 5.97 Å². The van der Waals surface area contributed by atoms with Gasteiger partial charge in [-0.1, -0.05) is 6.58 Å². The summed E-state index contributed by atoms with van der Waals surface area (Å²) in [6.45, 7) is 6.82. The van der Waals surface area contributed by atoms with Gasteiger partial charge in [-0.2, -0.15) is 0 Å². The molecular weight excluding hydrogens is 170 g/mol. The van der Waals surface area contributed by atoms with Gasteiger partial charge in [-0.25, -0.2) is 4.79 Å². The minimum absolute atomic E-state index is 0.327. The predicted molar refractivity (Wildman–Crippen MR) is 50.3 cm³/mol. The highest BCUT2D eigenvalue weighted by atomic mass is 16.5. The van der Waals surface area contributed by atoms with Gasteiger partial charge in [-0.05, 0) is 13.3 Å². The summed E-state index contributed by atoms with van der Waals surface area (Å²) in [5.74, 6) is -0.327. The summed E-state index contributed by atoms with van der Waals surface area (Å²) < 4.78 is 9.64. The second-order valence-corrected chi connectivity index (χ2v) is 2.70. The van der Waals surface area contributed by atoms with Crippen molar-refractivity contribution in [3.8, 4) is 0 Å². The van der Waals surface area contributed by atoms with Gasteiger partial charge in [0, 0.05) is 19.2 Å². The summed E-state index contributed by atoms with van der Waals surface area (Å²) in [5, 5.41) is 3.00. The molecule has 0 aliphatic carbocycles. The lowest BCUT2D eigenvalue weighted by molar-refractivity contribution is -0.139. The lowest BCUT2D eigenvalue weighted by Crippen LogP contribution is -2.19. The minimum Gasteiger partial charge on any atom is -0.462 e. The summed E-state index contributed by atoms with van der Waals surface area (Å²) in [6, 6.07) is 0. The Labute approximate surface area is 78.9 Å². The lowest BCUT2D eigenvalue weighted by atomic mass is 10.3. The summed E-state index contributed by atoms with van der Waals surface area (Å²) >= 11 is 0. The average molecular weight is 187 g/mol. The van der Waals surface area contributed by atoms with Crippen LogP contribution in [0.3, 0.4) is 0 Å². The molecule has 0 radical (unpaired) electrons. The normalized spacial score (nSPS) is 9.69. The molecule has 0 aliphatic heterocycles. The first-order chi connectivity index (χ1) is 6.18. The number of hydrogen-bond donors (Lipinski definition) is 1. The Kier molecular flexibility index (Phi) is 7.24. The number of esters is 1. The van der Waals surface area contributed by atoms with E-state index in [1.807, 2.05) is 0 Å². The van der Waals surface area contributed by atoms with Crippen molar-refractivity contribution in [2.75, 3.05) is 27.0 Å². The van der Waals surface area contributed by atoms with Crippen LogP contribution in [-0.4, -0.2) is 33.0 Å². The van der Waals surface area contributed by atoms with E-state index in [1.165, 1.54) is 0 Å². The van der Waals surface area contributed by atoms with Crippen LogP contribution in [0.15, 0.2) is 12.2 Å². The molecule has 4 nitrogen and oxygen atoms in total. The quantitative estimate of drug-likeness (QED) is 0.276. The third-order valence-electron chi connectivity index (χ3n) is 1.33. The van der Waals surface area contributed by atoms with Gasteiger partial charge in [-0.15, -0.1) is 0 Å². The number of ether oxygens (including phenoxy) is 2. The highest BCUT2D eigenvalue weighted by molar-refractivity contribution is 5.86. The number of nitrogens with one attached hydrogen (secondary N) is 1. The summed E-state index contributed by atoms with van der Waals surface area (Å²) in [4.78, 5) is 10.9. The third kappa shape index (κ3) is 7.49. The standard InChI is InChI=1S/C9H17NO3/c1-8(2)9(11)13-6-4-5-10-7-12-3/h10H,1,4-7H2,2-3H3. The summed E-state index contributed by atoms with van der Waals surface area (Å²) in [5.41, 5.74) is 0.435. The number of carbonyl (C=O) groups excluding carboxylic acids is 1. The number of rotatable bonds is 7. The molecule has 0 unspecified atom stereocenters. The van der Waals surface area contributed by atoms with Crippen LogP contribution in [0, 0.1) is 0 Å². The molecular formula is C9H17NO3. The third-order valence-corrected chi connectivity index (χ3v) is 1.33. The Morgan fingerprint density at radius 2 is 2.23 bits per heavy atom. The van der Waals surface area contributed by atoms with E-state index < -0.39 is 0 Å². The van der Waals surface area contributed by atoms with Crippen LogP contribution in [-0.2, 0) is 14.3 Å². The number of methoxy groups -OCH3 is 1. The molecule has 0 saturated carbocycles. The van der Waals surface area contributed by atoms with Crippen LogP contribution in [0.2, 0.25) is 0 Å². The molecule has 1 N–H and O–H groups in total. The van der Waals surface area contributed by atoms with Gasteiger partial charge in [0.2, 0.25) is 0 Å². The topological polar surface area (TPSA) is 47.6 Å². The van der Waals surface area contributed by atoms with Crippen LogP contribution in [0.5, 0.6) is 0 Å². The molecule has 0 fully saturated rings. The molecule has 0 atom stereocenters. The zero-order chi connectivity index (χ0) is 10.1. The number of carbonyl (C=O) groups is 1. The fraction of sp³-hybridized carbons (Fsp3) is 0.667. The van der Waals surface area contributed by atoms with Gasteiger partial charge in [0.25, 0.3) is 0 Å². The van der Waals surface area contributed by atoms with Crippen LogP contribution >= 0.6 is 0 Å². The maximum atomic E-state index is 10.9. The van der Waals surface area contributed by atoms with E-state index >= 15 is 0 Å². The van der Waals surface area contributed by atoms with Crippen molar-refractivity contribution in [1.82, 2.24) is 5.32 Å². The van der Waals surface area contributed by atoms with Crippen molar-refractivity contribution in [2.45, 2.75) is 13.3 Å². The van der Waals surface area contributed by atoms with E-state index in [2.05, 4.69) is 11.9 Å². The first-order valence-electron chi connectivity index (χ1n) is 4.20. The van der Waals surface area contributed by atoms with Crippen molar-refractivity contribution in [1.29, 1.82) is 0 Å². The monoisotopic (exact) mass is 187 g/mol. The molecule has 0 heterocycles. The fourth-order valence-electron chi connectivity index (χ4n) is 0.659. The molecule has 0 amide bonds. The van der Waals surface area contributed by atoms with Gasteiger partial charge in [-0.3, -0.25) is 5.32 Å². The molecule has 4 heteroatoms. The van der Waals surface area contributed by atoms with E-state index in [9.17, 15) is 4.79 Å². The van der Waals surface area contributed by atoms with Crippen LogP contribution < -0.4 is 5.32 Å². The van der Waals surface area contributed by atoms with Crippen molar-refractivity contribution < 1.29 is 14.3 Å². The van der Waals surface area contributed by atoms with E-state index in [-0.39, 0.29) is 5.97 Å². The SMILES string of the molecule is C=C(C)C(=O)OCCCNCOC. The minimum atomic E-state index is -0.327. The van der Waals surface area contributed by atoms with E-state index in [4.69, 9.17) is 9.47 Å². The van der Waals surface area contributed by atoms with E-state index in [0.29, 0.717) is 18.9 Å². The maximum absolute atomic E-state index is 10.9. The highest BCUT2D eigenvalue weighted by Crippen LogP contribution is 1.92. The molecule has 0 aromatic heterocycles. The Morgan fingerprint density at radius 3 is 2.77 bits per heavy atom. The van der Waals surface area contributed by atoms with Gasteiger partial charge in [0.1, 0.15) is 0 Å². The Bertz CT molecular complexity index is 168. The van der Waals surface area contributed by atoms with E-state index in [1.54, 1.807) is 14.0 Å². The first kappa shape index (κ1) is 12.1. The molecule has 0 aromatic carbocycles. The van der Waals surface area contributed by atoms with Crippen LogP contribution in [0.4, 0.5) is 0 Å². The van der Waals surface area contributed by atoms with Gasteiger partial charge in [0.05, 0.1) is 13.3 Å². The average Bonchev–Trinajstić information content (AvgIpc) is 2.10. The second kappa shape index (κ2) is 7.76. The van der Waals surface area contributed by atoms with E-state index in [0.717, 1.165) is 13.0 Å². The summed E-state index contributed by atoms with van der Waals surface area (Å²) in [7, 11) is 1.62. The Balaban J connectivity index is 3.16. The van der Waals surface area contributed by atoms with Gasteiger partial charge in [0.15, 0.2) is 0 Å². The Hall–Kier alpha value is -0.870. The van der Waals surface area contributed by atoms with Crippen LogP contribution in [0.25, 0.3) is 0 Å². The Morgan fingerprint density at radius 1 is 1.54 bits per heavy atom. The van der Waals surface area contributed by atoms with Crippen LogP contribution in [0.1, 0.15) is 13.3 Å². The second-order valence-electron chi connectivity index (χ2n) is 2.70. The molecule has 0 bridgehead atoms. The van der Waals surface area contributed by atoms with Gasteiger partial charge >= 0.3 is 5.97 Å². The van der Waals surface area contributed by atoms with Crippen molar-refractivity contribution in [3.63, 3.8) is 0 Å². The first-order valence-corrected chi connectivity index (χ1v) is 4.20. The molecule has 0 saturated heterocycles. The zero-order valence-electron chi connectivity index (χ0n) is 8.26. The fourth-order valence-corrected chi connectivity index (χ4v) is 0.659. The largest absolute Gasteiger partial charge is 0.462 e. The molecule has 0 aliphatic rings. The summed E-state index contributed by atoms with van der Waals surface area (Å²) in [6.07, 6.45) is 0.780. The highest BCUT2D eigenvalue weighted by Gasteiger charge is 2.01. The molecule has 76 valence electrons. The van der Waals surface area contributed by atoms with Crippen molar-refractivity contribution in [3.05, 3.63) is 12.2 Å². The zero-order valence-corrected chi connectivity index (χ0v) is 8.26. The lowest BCUT2D eigenvalue weighted by Gasteiger charge is -2.04. The smallest absolute Gasteiger partial charge is 0.333 e. The predicted octanol–water partition coefficient (Wildman–Crippen LogP) is 0.689. The maximum Gasteiger partial charge on any atom is 0.333 e. The number of hydrogen-bond acceptors (Lipinski definition) is 4. The molecule has 13 heavy (non-hydrogen) atoms. The molecule has 0 rings (SSSR count). The van der Waals surface area contributed by atoms with Gasteiger partial charge < -0.3 is 9.47 Å².